The van der Waals surface area contributed by atoms with E-state index < -0.39 is 6.10 Å². The number of hydrogen-bond acceptors (Lipinski definition) is 3. The van der Waals surface area contributed by atoms with Crippen LogP contribution >= 0.6 is 0 Å². The lowest BCUT2D eigenvalue weighted by Crippen LogP contribution is -2.41. The molecule has 3 heteroatoms. The van der Waals surface area contributed by atoms with Crippen LogP contribution in [0, 0.1) is 5.92 Å². The highest BCUT2D eigenvalue weighted by molar-refractivity contribution is 5.87. The zero-order valence-electron chi connectivity index (χ0n) is 7.49. The average Bonchev–Trinajstić information content (AvgIpc) is 2.84. The minimum absolute atomic E-state index is 0.0454. The molecule has 1 aliphatic rings. The Hall–Kier alpha value is -0.410. The first-order valence-electron chi connectivity index (χ1n) is 4.64. The highest BCUT2D eigenvalue weighted by Gasteiger charge is 2.35. The molecule has 0 heterocycles. The lowest BCUT2D eigenvalue weighted by atomic mass is 10.0. The zero-order valence-corrected chi connectivity index (χ0v) is 7.49. The summed E-state index contributed by atoms with van der Waals surface area (Å²) < 4.78 is 0. The number of aliphatic hydroxyl groups is 1. The van der Waals surface area contributed by atoms with Crippen molar-refractivity contribution in [2.45, 2.75) is 44.8 Å². The van der Waals surface area contributed by atoms with Crippen molar-refractivity contribution in [3.8, 4) is 0 Å². The summed E-state index contributed by atoms with van der Waals surface area (Å²) in [5.41, 5.74) is 5.62. The van der Waals surface area contributed by atoms with E-state index in [0.717, 1.165) is 25.7 Å². The van der Waals surface area contributed by atoms with Crippen molar-refractivity contribution in [1.82, 2.24) is 0 Å². The van der Waals surface area contributed by atoms with Crippen molar-refractivity contribution in [1.29, 1.82) is 0 Å². The third kappa shape index (κ3) is 2.29. The van der Waals surface area contributed by atoms with E-state index in [1.54, 1.807) is 0 Å². The molecule has 1 rings (SSSR count). The smallest absolute Gasteiger partial charge is 0.165 e. The Bertz CT molecular complexity index is 166. The lowest BCUT2D eigenvalue weighted by Gasteiger charge is -2.16. The molecule has 3 nitrogen and oxygen atoms in total. The molecule has 0 aromatic carbocycles. The first-order chi connectivity index (χ1) is 5.66. The van der Waals surface area contributed by atoms with Crippen LogP contribution in [-0.2, 0) is 4.79 Å². The van der Waals surface area contributed by atoms with Gasteiger partial charge in [0.05, 0.1) is 0 Å². The van der Waals surface area contributed by atoms with Gasteiger partial charge in [0.2, 0.25) is 0 Å². The molecule has 0 spiro atoms. The Balaban J connectivity index is 2.33. The van der Waals surface area contributed by atoms with Crippen molar-refractivity contribution >= 4 is 5.78 Å². The van der Waals surface area contributed by atoms with Crippen LogP contribution < -0.4 is 5.73 Å². The van der Waals surface area contributed by atoms with Crippen LogP contribution in [0.15, 0.2) is 0 Å². The van der Waals surface area contributed by atoms with E-state index in [1.807, 2.05) is 6.92 Å². The van der Waals surface area contributed by atoms with Crippen molar-refractivity contribution in [2.24, 2.45) is 11.7 Å². The van der Waals surface area contributed by atoms with Gasteiger partial charge in [-0.15, -0.1) is 0 Å². The topological polar surface area (TPSA) is 63.3 Å². The molecule has 0 aromatic rings. The van der Waals surface area contributed by atoms with Crippen LogP contribution in [0.3, 0.4) is 0 Å². The van der Waals surface area contributed by atoms with Crippen molar-refractivity contribution in [3.63, 3.8) is 0 Å². The van der Waals surface area contributed by atoms with E-state index in [0.29, 0.717) is 0 Å². The van der Waals surface area contributed by atoms with Gasteiger partial charge in [-0.25, -0.2) is 0 Å². The van der Waals surface area contributed by atoms with Gasteiger partial charge < -0.3 is 10.8 Å². The zero-order chi connectivity index (χ0) is 9.14. The molecular weight excluding hydrogens is 154 g/mol. The highest BCUT2D eigenvalue weighted by Crippen LogP contribution is 2.31. The second-order valence-electron chi connectivity index (χ2n) is 3.57. The Morgan fingerprint density at radius 1 is 1.67 bits per heavy atom. The number of nitrogens with two attached hydrogens (primary N) is 1. The van der Waals surface area contributed by atoms with Gasteiger partial charge in [-0.3, -0.25) is 4.79 Å². The quantitative estimate of drug-likeness (QED) is 0.631. The molecule has 3 N–H and O–H groups in total. The van der Waals surface area contributed by atoms with E-state index in [-0.39, 0.29) is 17.7 Å². The van der Waals surface area contributed by atoms with E-state index in [2.05, 4.69) is 0 Å². The molecule has 2 atom stereocenters. The Kier molecular flexibility index (Phi) is 3.23. The fourth-order valence-corrected chi connectivity index (χ4v) is 1.31. The molecule has 0 aliphatic heterocycles. The molecule has 1 aliphatic carbocycles. The molecule has 1 saturated carbocycles. The molecule has 12 heavy (non-hydrogen) atoms. The van der Waals surface area contributed by atoms with Gasteiger partial charge in [-0.05, 0) is 19.3 Å². The van der Waals surface area contributed by atoms with Crippen LogP contribution in [-0.4, -0.2) is 23.0 Å². The maximum atomic E-state index is 11.3. The molecule has 0 amide bonds. The summed E-state index contributed by atoms with van der Waals surface area (Å²) in [6.07, 6.45) is 2.59. The van der Waals surface area contributed by atoms with Gasteiger partial charge >= 0.3 is 0 Å². The predicted octanol–water partition coefficient (Wildman–Crippen LogP) is 0.454. The summed E-state index contributed by atoms with van der Waals surface area (Å²) >= 11 is 0. The number of carbonyl (C=O) groups excluding carboxylic acids is 1. The molecule has 0 aromatic heterocycles. The first kappa shape index (κ1) is 9.68. The van der Waals surface area contributed by atoms with E-state index in [1.165, 1.54) is 0 Å². The standard InChI is InChI=1S/C9H17NO2/c1-2-3-7(10)9(12)8(11)6-4-5-6/h6-7,9,12H,2-5,10H2,1H3. The predicted molar refractivity (Wildman–Crippen MR) is 46.6 cm³/mol. The number of Topliss-reactive ketones (excluding diaryl/α,β-unsaturated/α-hetero) is 1. The Morgan fingerprint density at radius 3 is 2.67 bits per heavy atom. The number of rotatable bonds is 5. The van der Waals surface area contributed by atoms with Gasteiger partial charge in [0.1, 0.15) is 6.10 Å². The fourth-order valence-electron chi connectivity index (χ4n) is 1.31. The number of carbonyl (C=O) groups is 1. The lowest BCUT2D eigenvalue weighted by molar-refractivity contribution is -0.129. The van der Waals surface area contributed by atoms with Crippen LogP contribution in [0.2, 0.25) is 0 Å². The van der Waals surface area contributed by atoms with Gasteiger partial charge in [0.15, 0.2) is 5.78 Å². The normalized spacial score (nSPS) is 21.9. The summed E-state index contributed by atoms with van der Waals surface area (Å²) in [5, 5.41) is 9.45. The van der Waals surface area contributed by atoms with Gasteiger partial charge in [0, 0.05) is 12.0 Å². The van der Waals surface area contributed by atoms with Gasteiger partial charge in [-0.2, -0.15) is 0 Å². The summed E-state index contributed by atoms with van der Waals surface area (Å²) in [5.74, 6) is 0.0684. The van der Waals surface area contributed by atoms with E-state index >= 15 is 0 Å². The van der Waals surface area contributed by atoms with E-state index in [9.17, 15) is 9.90 Å². The minimum atomic E-state index is -0.919. The monoisotopic (exact) mass is 171 g/mol. The van der Waals surface area contributed by atoms with Crippen molar-refractivity contribution < 1.29 is 9.90 Å². The minimum Gasteiger partial charge on any atom is -0.384 e. The van der Waals surface area contributed by atoms with Gasteiger partial charge in [-0.1, -0.05) is 13.3 Å². The third-order valence-electron chi connectivity index (χ3n) is 2.30. The van der Waals surface area contributed by atoms with Crippen LogP contribution in [0.5, 0.6) is 0 Å². The summed E-state index contributed by atoms with van der Waals surface area (Å²) in [6, 6.07) is -0.358. The number of hydrogen-bond donors (Lipinski definition) is 2. The molecule has 0 radical (unpaired) electrons. The number of aliphatic hydroxyl groups excluding tert-OH is 1. The summed E-state index contributed by atoms with van der Waals surface area (Å²) in [4.78, 5) is 11.3. The molecule has 70 valence electrons. The van der Waals surface area contributed by atoms with Crippen LogP contribution in [0.25, 0.3) is 0 Å². The second-order valence-corrected chi connectivity index (χ2v) is 3.57. The molecule has 0 bridgehead atoms. The largest absolute Gasteiger partial charge is 0.384 e. The van der Waals surface area contributed by atoms with E-state index in [4.69, 9.17) is 5.73 Å². The Morgan fingerprint density at radius 2 is 2.25 bits per heavy atom. The first-order valence-corrected chi connectivity index (χ1v) is 4.64. The maximum absolute atomic E-state index is 11.3. The molecule has 0 saturated heterocycles. The number of ketones is 1. The second kappa shape index (κ2) is 4.01. The third-order valence-corrected chi connectivity index (χ3v) is 2.30. The average molecular weight is 171 g/mol. The molecular formula is C9H17NO2. The molecule has 2 unspecified atom stereocenters. The van der Waals surface area contributed by atoms with Gasteiger partial charge in [0.25, 0.3) is 0 Å². The maximum Gasteiger partial charge on any atom is 0.165 e. The van der Waals surface area contributed by atoms with Crippen LogP contribution in [0.1, 0.15) is 32.6 Å². The summed E-state index contributed by atoms with van der Waals surface area (Å²) in [6.45, 7) is 1.99. The highest BCUT2D eigenvalue weighted by atomic mass is 16.3. The Labute approximate surface area is 72.9 Å². The molecule has 1 fully saturated rings. The summed E-state index contributed by atoms with van der Waals surface area (Å²) in [7, 11) is 0. The van der Waals surface area contributed by atoms with Crippen molar-refractivity contribution in [2.75, 3.05) is 0 Å². The SMILES string of the molecule is CCCC(N)C(O)C(=O)C1CC1. The van der Waals surface area contributed by atoms with Crippen LogP contribution in [0.4, 0.5) is 0 Å². The fraction of sp³-hybridized carbons (Fsp3) is 0.889. The van der Waals surface area contributed by atoms with Crippen molar-refractivity contribution in [3.05, 3.63) is 0 Å².